The average Bonchev–Trinajstić information content (AvgIpc) is 2.83. The SMILES string of the molecule is Cc1cc(C)n(CCCNC(=O)CCCC2CCCCC2)n1. The second-order valence-electron chi connectivity index (χ2n) is 6.75. The van der Waals surface area contributed by atoms with Gasteiger partial charge in [0.05, 0.1) is 5.69 Å². The fourth-order valence-corrected chi connectivity index (χ4v) is 3.47. The molecule has 4 nitrogen and oxygen atoms in total. The summed E-state index contributed by atoms with van der Waals surface area (Å²) in [5.41, 5.74) is 2.25. The first kappa shape index (κ1) is 17.0. The van der Waals surface area contributed by atoms with E-state index < -0.39 is 0 Å². The molecule has 22 heavy (non-hydrogen) atoms. The Morgan fingerprint density at radius 2 is 2.05 bits per heavy atom. The quantitative estimate of drug-likeness (QED) is 0.743. The molecule has 1 heterocycles. The van der Waals surface area contributed by atoms with Gasteiger partial charge in [-0.05, 0) is 45.1 Å². The molecule has 0 aliphatic heterocycles. The summed E-state index contributed by atoms with van der Waals surface area (Å²) in [5.74, 6) is 1.09. The maximum Gasteiger partial charge on any atom is 0.219 e. The molecule has 4 heteroatoms. The van der Waals surface area contributed by atoms with Gasteiger partial charge in [0.25, 0.3) is 0 Å². The zero-order chi connectivity index (χ0) is 15.8. The van der Waals surface area contributed by atoms with Crippen molar-refractivity contribution in [3.05, 3.63) is 17.5 Å². The first-order valence-corrected chi connectivity index (χ1v) is 8.93. The summed E-state index contributed by atoms with van der Waals surface area (Å²) >= 11 is 0. The van der Waals surface area contributed by atoms with Gasteiger partial charge in [-0.1, -0.05) is 32.1 Å². The van der Waals surface area contributed by atoms with E-state index in [4.69, 9.17) is 0 Å². The summed E-state index contributed by atoms with van der Waals surface area (Å²) < 4.78 is 2.02. The van der Waals surface area contributed by atoms with Gasteiger partial charge in [-0.25, -0.2) is 0 Å². The Balaban J connectivity index is 1.51. The summed E-state index contributed by atoms with van der Waals surface area (Å²) in [4.78, 5) is 11.8. The van der Waals surface area contributed by atoms with E-state index in [9.17, 15) is 4.79 Å². The minimum atomic E-state index is 0.212. The Bertz CT molecular complexity index is 461. The number of carbonyl (C=O) groups is 1. The molecule has 1 aromatic heterocycles. The van der Waals surface area contributed by atoms with Crippen molar-refractivity contribution in [3.63, 3.8) is 0 Å². The smallest absolute Gasteiger partial charge is 0.219 e. The third-order valence-electron chi connectivity index (χ3n) is 4.71. The number of nitrogens with one attached hydrogen (secondary N) is 1. The van der Waals surface area contributed by atoms with Crippen LogP contribution in [0.1, 0.15) is 69.2 Å². The third kappa shape index (κ3) is 5.82. The predicted octanol–water partition coefficient (Wildman–Crippen LogP) is 3.76. The maximum atomic E-state index is 11.8. The van der Waals surface area contributed by atoms with Gasteiger partial charge in [-0.15, -0.1) is 0 Å². The molecule has 0 aromatic carbocycles. The Morgan fingerprint density at radius 1 is 1.27 bits per heavy atom. The van der Waals surface area contributed by atoms with E-state index in [0.29, 0.717) is 6.42 Å². The largest absolute Gasteiger partial charge is 0.356 e. The van der Waals surface area contributed by atoms with Gasteiger partial charge < -0.3 is 5.32 Å². The molecule has 2 rings (SSSR count). The van der Waals surface area contributed by atoms with E-state index in [2.05, 4.69) is 23.4 Å². The number of hydrogen-bond donors (Lipinski definition) is 1. The highest BCUT2D eigenvalue weighted by Crippen LogP contribution is 2.27. The van der Waals surface area contributed by atoms with Crippen molar-refractivity contribution in [2.75, 3.05) is 6.54 Å². The molecule has 1 aromatic rings. The fraction of sp³-hybridized carbons (Fsp3) is 0.778. The van der Waals surface area contributed by atoms with E-state index in [1.54, 1.807) is 0 Å². The van der Waals surface area contributed by atoms with Crippen LogP contribution >= 0.6 is 0 Å². The number of nitrogens with zero attached hydrogens (tertiary/aromatic N) is 2. The molecule has 1 saturated carbocycles. The van der Waals surface area contributed by atoms with Crippen molar-refractivity contribution in [1.29, 1.82) is 0 Å². The first-order chi connectivity index (χ1) is 10.6. The van der Waals surface area contributed by atoms with E-state index in [1.165, 1.54) is 44.2 Å². The molecular formula is C18H31N3O. The number of aryl methyl sites for hydroxylation is 3. The average molecular weight is 305 g/mol. The lowest BCUT2D eigenvalue weighted by Gasteiger charge is -2.21. The first-order valence-electron chi connectivity index (χ1n) is 8.93. The van der Waals surface area contributed by atoms with E-state index in [1.807, 2.05) is 11.6 Å². The second kappa shape index (κ2) is 8.96. The molecule has 0 saturated heterocycles. The number of rotatable bonds is 8. The molecule has 0 unspecified atom stereocenters. The lowest BCUT2D eigenvalue weighted by molar-refractivity contribution is -0.121. The van der Waals surface area contributed by atoms with Gasteiger partial charge in [-0.2, -0.15) is 5.10 Å². The standard InChI is InChI=1S/C18H31N3O/c1-15-14-16(2)21(20-15)13-7-12-19-18(22)11-6-10-17-8-4-3-5-9-17/h14,17H,3-13H2,1-2H3,(H,19,22). The van der Waals surface area contributed by atoms with Gasteiger partial charge in [0.15, 0.2) is 0 Å². The molecular weight excluding hydrogens is 274 g/mol. The monoisotopic (exact) mass is 305 g/mol. The van der Waals surface area contributed by atoms with Crippen molar-refractivity contribution < 1.29 is 4.79 Å². The second-order valence-corrected chi connectivity index (χ2v) is 6.75. The van der Waals surface area contributed by atoms with Crippen LogP contribution in [0.15, 0.2) is 6.07 Å². The highest BCUT2D eigenvalue weighted by molar-refractivity contribution is 5.75. The Labute approximate surface area is 134 Å². The minimum absolute atomic E-state index is 0.212. The van der Waals surface area contributed by atoms with Crippen molar-refractivity contribution in [3.8, 4) is 0 Å². The molecule has 0 radical (unpaired) electrons. The Morgan fingerprint density at radius 3 is 2.73 bits per heavy atom. The molecule has 0 bridgehead atoms. The van der Waals surface area contributed by atoms with Crippen LogP contribution in [0, 0.1) is 19.8 Å². The van der Waals surface area contributed by atoms with Gasteiger partial charge >= 0.3 is 0 Å². The van der Waals surface area contributed by atoms with Crippen LogP contribution in [-0.4, -0.2) is 22.2 Å². The van der Waals surface area contributed by atoms with Crippen LogP contribution in [0.5, 0.6) is 0 Å². The zero-order valence-electron chi connectivity index (χ0n) is 14.2. The highest BCUT2D eigenvalue weighted by Gasteiger charge is 2.13. The van der Waals surface area contributed by atoms with Gasteiger partial charge in [0, 0.05) is 25.2 Å². The summed E-state index contributed by atoms with van der Waals surface area (Å²) in [6, 6.07) is 2.09. The van der Waals surface area contributed by atoms with Crippen molar-refractivity contribution in [2.24, 2.45) is 5.92 Å². The Hall–Kier alpha value is -1.32. The van der Waals surface area contributed by atoms with Crippen LogP contribution in [0.4, 0.5) is 0 Å². The summed E-state index contributed by atoms with van der Waals surface area (Å²) in [7, 11) is 0. The molecule has 1 fully saturated rings. The van der Waals surface area contributed by atoms with Crippen LogP contribution in [-0.2, 0) is 11.3 Å². The van der Waals surface area contributed by atoms with Crippen molar-refractivity contribution >= 4 is 5.91 Å². The summed E-state index contributed by atoms with van der Waals surface area (Å²) in [6.07, 6.45) is 10.9. The number of hydrogen-bond acceptors (Lipinski definition) is 2. The zero-order valence-corrected chi connectivity index (χ0v) is 14.2. The van der Waals surface area contributed by atoms with Crippen molar-refractivity contribution in [2.45, 2.75) is 78.2 Å². The molecule has 1 N–H and O–H groups in total. The fourth-order valence-electron chi connectivity index (χ4n) is 3.47. The van der Waals surface area contributed by atoms with E-state index >= 15 is 0 Å². The summed E-state index contributed by atoms with van der Waals surface area (Å²) in [5, 5.41) is 7.47. The molecule has 0 spiro atoms. The lowest BCUT2D eigenvalue weighted by Crippen LogP contribution is -2.25. The maximum absolute atomic E-state index is 11.8. The molecule has 1 aliphatic rings. The molecule has 124 valence electrons. The summed E-state index contributed by atoms with van der Waals surface area (Å²) in [6.45, 7) is 5.71. The number of carbonyl (C=O) groups excluding carboxylic acids is 1. The van der Waals surface area contributed by atoms with Gasteiger partial charge in [0.2, 0.25) is 5.91 Å². The van der Waals surface area contributed by atoms with Gasteiger partial charge in [0.1, 0.15) is 0 Å². The van der Waals surface area contributed by atoms with E-state index in [0.717, 1.165) is 37.5 Å². The molecule has 1 amide bonds. The Kier molecular flexibility index (Phi) is 6.94. The number of amides is 1. The normalized spacial score (nSPS) is 15.9. The van der Waals surface area contributed by atoms with Crippen LogP contribution in [0.2, 0.25) is 0 Å². The molecule has 1 aliphatic carbocycles. The highest BCUT2D eigenvalue weighted by atomic mass is 16.1. The number of aromatic nitrogens is 2. The van der Waals surface area contributed by atoms with Crippen molar-refractivity contribution in [1.82, 2.24) is 15.1 Å². The van der Waals surface area contributed by atoms with E-state index in [-0.39, 0.29) is 5.91 Å². The third-order valence-corrected chi connectivity index (χ3v) is 4.71. The topological polar surface area (TPSA) is 46.9 Å². The predicted molar refractivity (Wildman–Crippen MR) is 89.8 cm³/mol. The van der Waals surface area contributed by atoms with Crippen LogP contribution in [0.25, 0.3) is 0 Å². The van der Waals surface area contributed by atoms with Crippen LogP contribution in [0.3, 0.4) is 0 Å². The minimum Gasteiger partial charge on any atom is -0.356 e. The lowest BCUT2D eigenvalue weighted by atomic mass is 9.86. The van der Waals surface area contributed by atoms with Gasteiger partial charge in [-0.3, -0.25) is 9.48 Å². The molecule has 0 atom stereocenters. The van der Waals surface area contributed by atoms with Crippen LogP contribution < -0.4 is 5.32 Å².